The molecule has 17 heavy (non-hydrogen) atoms. The molecule has 4 nitrogen and oxygen atoms in total. The van der Waals surface area contributed by atoms with Gasteiger partial charge in [0, 0.05) is 26.2 Å². The Balaban J connectivity index is 2.15. The zero-order valence-electron chi connectivity index (χ0n) is 11.6. The molecule has 1 N–H and O–H groups in total. The molecule has 1 saturated carbocycles. The summed E-state index contributed by atoms with van der Waals surface area (Å²) in [7, 11) is 1.78. The maximum atomic E-state index is 11.7. The van der Waals surface area contributed by atoms with Crippen molar-refractivity contribution < 1.29 is 9.53 Å². The van der Waals surface area contributed by atoms with Crippen LogP contribution in [-0.2, 0) is 4.74 Å². The Bertz CT molecular complexity index is 242. The van der Waals surface area contributed by atoms with Crippen LogP contribution in [0.3, 0.4) is 0 Å². The average Bonchev–Trinajstić information content (AvgIpc) is 2.67. The van der Waals surface area contributed by atoms with Crippen molar-refractivity contribution in [1.82, 2.24) is 10.2 Å². The lowest BCUT2D eigenvalue weighted by molar-refractivity contribution is 0.0299. The monoisotopic (exact) mass is 242 g/mol. The first-order valence-electron chi connectivity index (χ1n) is 6.56. The predicted molar refractivity (Wildman–Crippen MR) is 69.1 cm³/mol. The van der Waals surface area contributed by atoms with Gasteiger partial charge in [-0.15, -0.1) is 0 Å². The van der Waals surface area contributed by atoms with E-state index in [0.29, 0.717) is 12.6 Å². The van der Waals surface area contributed by atoms with Gasteiger partial charge in [-0.3, -0.25) is 0 Å². The van der Waals surface area contributed by atoms with Crippen molar-refractivity contribution in [3.63, 3.8) is 0 Å². The molecule has 0 aromatic heterocycles. The Labute approximate surface area is 105 Å². The minimum Gasteiger partial charge on any atom is -0.444 e. The molecule has 0 spiro atoms. The number of nitrogens with one attached hydrogen (secondary N) is 1. The van der Waals surface area contributed by atoms with E-state index in [4.69, 9.17) is 4.74 Å². The van der Waals surface area contributed by atoms with Crippen LogP contribution in [0, 0.1) is 0 Å². The fraction of sp³-hybridized carbons (Fsp3) is 0.923. The van der Waals surface area contributed by atoms with Crippen LogP contribution in [0.5, 0.6) is 0 Å². The van der Waals surface area contributed by atoms with E-state index in [9.17, 15) is 4.79 Å². The van der Waals surface area contributed by atoms with Gasteiger partial charge in [0.15, 0.2) is 0 Å². The van der Waals surface area contributed by atoms with Crippen molar-refractivity contribution in [2.24, 2.45) is 0 Å². The van der Waals surface area contributed by atoms with Crippen LogP contribution in [0.4, 0.5) is 4.79 Å². The van der Waals surface area contributed by atoms with Crippen LogP contribution in [0.25, 0.3) is 0 Å². The van der Waals surface area contributed by atoms with Gasteiger partial charge in [0.05, 0.1) is 0 Å². The molecule has 0 bridgehead atoms. The SMILES string of the molecule is CN(CCNC1CCCC1)C(=O)OC(C)(C)C. The molecule has 0 heterocycles. The van der Waals surface area contributed by atoms with Crippen LogP contribution in [0.15, 0.2) is 0 Å². The standard InChI is InChI=1S/C13H26N2O2/c1-13(2,3)17-12(16)15(4)10-9-14-11-7-5-6-8-11/h11,14H,5-10H2,1-4H3. The molecule has 1 fully saturated rings. The van der Waals surface area contributed by atoms with E-state index in [0.717, 1.165) is 6.54 Å². The molecule has 1 amide bonds. The summed E-state index contributed by atoms with van der Waals surface area (Å²) in [5.74, 6) is 0. The Kier molecular flexibility index (Phi) is 5.25. The quantitative estimate of drug-likeness (QED) is 0.823. The van der Waals surface area contributed by atoms with Gasteiger partial charge >= 0.3 is 6.09 Å². The molecule has 100 valence electrons. The van der Waals surface area contributed by atoms with Gasteiger partial charge in [-0.1, -0.05) is 12.8 Å². The summed E-state index contributed by atoms with van der Waals surface area (Å²) in [5, 5.41) is 3.48. The van der Waals surface area contributed by atoms with E-state index in [1.807, 2.05) is 20.8 Å². The number of hydrogen-bond acceptors (Lipinski definition) is 3. The summed E-state index contributed by atoms with van der Waals surface area (Å²) < 4.78 is 5.28. The Morgan fingerprint density at radius 2 is 1.94 bits per heavy atom. The third-order valence-corrected chi connectivity index (χ3v) is 2.94. The first-order chi connectivity index (χ1) is 7.88. The molecule has 0 radical (unpaired) electrons. The number of amides is 1. The maximum absolute atomic E-state index is 11.7. The number of carbonyl (C=O) groups is 1. The van der Waals surface area contributed by atoms with Gasteiger partial charge < -0.3 is 15.0 Å². The fourth-order valence-corrected chi connectivity index (χ4v) is 2.00. The molecule has 4 heteroatoms. The number of hydrogen-bond donors (Lipinski definition) is 1. The number of likely N-dealkylation sites (N-methyl/N-ethyl adjacent to an activating group) is 1. The second kappa shape index (κ2) is 6.24. The average molecular weight is 242 g/mol. The second-order valence-electron chi connectivity index (χ2n) is 5.84. The molecule has 0 aliphatic heterocycles. The van der Waals surface area contributed by atoms with Crippen molar-refractivity contribution in [2.75, 3.05) is 20.1 Å². The maximum Gasteiger partial charge on any atom is 0.410 e. The van der Waals surface area contributed by atoms with Gasteiger partial charge in [0.1, 0.15) is 5.60 Å². The van der Waals surface area contributed by atoms with E-state index in [2.05, 4.69) is 5.32 Å². The molecular weight excluding hydrogens is 216 g/mol. The van der Waals surface area contributed by atoms with Crippen molar-refractivity contribution in [3.05, 3.63) is 0 Å². The highest BCUT2D eigenvalue weighted by atomic mass is 16.6. The first kappa shape index (κ1) is 14.3. The minimum atomic E-state index is -0.412. The Hall–Kier alpha value is -0.770. The Morgan fingerprint density at radius 3 is 2.47 bits per heavy atom. The molecule has 1 aliphatic carbocycles. The lowest BCUT2D eigenvalue weighted by Crippen LogP contribution is -2.39. The van der Waals surface area contributed by atoms with E-state index < -0.39 is 5.60 Å². The number of rotatable bonds is 4. The van der Waals surface area contributed by atoms with Crippen LogP contribution < -0.4 is 5.32 Å². The fourth-order valence-electron chi connectivity index (χ4n) is 2.00. The summed E-state index contributed by atoms with van der Waals surface area (Å²) in [6.07, 6.45) is 4.97. The van der Waals surface area contributed by atoms with Gasteiger partial charge in [0.25, 0.3) is 0 Å². The van der Waals surface area contributed by atoms with Crippen molar-refractivity contribution in [2.45, 2.75) is 58.1 Å². The summed E-state index contributed by atoms with van der Waals surface area (Å²) in [6, 6.07) is 0.655. The Morgan fingerprint density at radius 1 is 1.35 bits per heavy atom. The third-order valence-electron chi connectivity index (χ3n) is 2.94. The van der Waals surface area contributed by atoms with Crippen molar-refractivity contribution in [3.8, 4) is 0 Å². The molecule has 1 rings (SSSR count). The van der Waals surface area contributed by atoms with Crippen LogP contribution in [0.1, 0.15) is 46.5 Å². The predicted octanol–water partition coefficient (Wildman–Crippen LogP) is 2.39. The van der Waals surface area contributed by atoms with Crippen molar-refractivity contribution in [1.29, 1.82) is 0 Å². The zero-order chi connectivity index (χ0) is 12.9. The largest absolute Gasteiger partial charge is 0.444 e. The number of ether oxygens (including phenoxy) is 1. The van der Waals surface area contributed by atoms with E-state index in [1.165, 1.54) is 25.7 Å². The van der Waals surface area contributed by atoms with Crippen LogP contribution in [0.2, 0.25) is 0 Å². The van der Waals surface area contributed by atoms with Gasteiger partial charge in [-0.05, 0) is 33.6 Å². The molecule has 0 aromatic carbocycles. The van der Waals surface area contributed by atoms with Crippen molar-refractivity contribution >= 4 is 6.09 Å². The highest BCUT2D eigenvalue weighted by Crippen LogP contribution is 2.17. The van der Waals surface area contributed by atoms with Crippen LogP contribution >= 0.6 is 0 Å². The normalized spacial score (nSPS) is 17.2. The van der Waals surface area contributed by atoms with Gasteiger partial charge in [-0.25, -0.2) is 4.79 Å². The molecule has 0 atom stereocenters. The summed E-state index contributed by atoms with van der Waals surface area (Å²) in [5.41, 5.74) is -0.412. The molecule has 0 aromatic rings. The highest BCUT2D eigenvalue weighted by Gasteiger charge is 2.19. The lowest BCUT2D eigenvalue weighted by atomic mass is 10.2. The minimum absolute atomic E-state index is 0.245. The van der Waals surface area contributed by atoms with Gasteiger partial charge in [-0.2, -0.15) is 0 Å². The summed E-state index contributed by atoms with van der Waals surface area (Å²) in [4.78, 5) is 13.3. The first-order valence-corrected chi connectivity index (χ1v) is 6.56. The zero-order valence-corrected chi connectivity index (χ0v) is 11.6. The molecular formula is C13H26N2O2. The molecule has 1 aliphatic rings. The van der Waals surface area contributed by atoms with Gasteiger partial charge in [0.2, 0.25) is 0 Å². The van der Waals surface area contributed by atoms with E-state index in [-0.39, 0.29) is 6.09 Å². The third kappa shape index (κ3) is 5.91. The van der Waals surface area contributed by atoms with Crippen LogP contribution in [-0.4, -0.2) is 42.8 Å². The lowest BCUT2D eigenvalue weighted by Gasteiger charge is -2.25. The number of nitrogens with zero attached hydrogens (tertiary/aromatic N) is 1. The highest BCUT2D eigenvalue weighted by molar-refractivity contribution is 5.67. The van der Waals surface area contributed by atoms with E-state index >= 15 is 0 Å². The summed E-state index contributed by atoms with van der Waals surface area (Å²) >= 11 is 0. The number of carbonyl (C=O) groups excluding carboxylic acids is 1. The smallest absolute Gasteiger partial charge is 0.410 e. The second-order valence-corrected chi connectivity index (χ2v) is 5.84. The molecule has 0 saturated heterocycles. The molecule has 0 unspecified atom stereocenters. The topological polar surface area (TPSA) is 41.6 Å². The van der Waals surface area contributed by atoms with E-state index in [1.54, 1.807) is 11.9 Å². The summed E-state index contributed by atoms with van der Waals surface area (Å²) in [6.45, 7) is 7.20.